The Morgan fingerprint density at radius 1 is 1.31 bits per heavy atom. The summed E-state index contributed by atoms with van der Waals surface area (Å²) in [5.74, 6) is 2.13. The Labute approximate surface area is 96.2 Å². The molecule has 16 heavy (non-hydrogen) atoms. The molecule has 1 aliphatic carbocycles. The van der Waals surface area contributed by atoms with Crippen molar-refractivity contribution in [1.82, 2.24) is 5.32 Å². The highest BCUT2D eigenvalue weighted by atomic mass is 16.5. The third kappa shape index (κ3) is 1.22. The van der Waals surface area contributed by atoms with Crippen LogP contribution in [0.1, 0.15) is 24.4 Å². The molecular weight excluding hydrogens is 202 g/mol. The molecule has 0 unspecified atom stereocenters. The van der Waals surface area contributed by atoms with Gasteiger partial charge in [-0.3, -0.25) is 0 Å². The fourth-order valence-electron chi connectivity index (χ4n) is 3.02. The van der Waals surface area contributed by atoms with Gasteiger partial charge in [0.25, 0.3) is 0 Å². The summed E-state index contributed by atoms with van der Waals surface area (Å²) in [6.07, 6.45) is 2.58. The maximum Gasteiger partial charge on any atom is 0.115 e. The van der Waals surface area contributed by atoms with Gasteiger partial charge in [0.2, 0.25) is 0 Å². The van der Waals surface area contributed by atoms with E-state index in [-0.39, 0.29) is 5.41 Å². The zero-order valence-electron chi connectivity index (χ0n) is 10.0. The number of hydrogen-bond acceptors (Lipinski definition) is 3. The van der Waals surface area contributed by atoms with E-state index in [9.17, 15) is 0 Å². The average molecular weight is 221 g/mol. The SMILES string of the molecule is CNCC1(C2(c3ccc(C)o3)COC2)CC1. The van der Waals surface area contributed by atoms with Crippen LogP contribution in [0, 0.1) is 12.3 Å². The summed E-state index contributed by atoms with van der Waals surface area (Å²) in [4.78, 5) is 0. The molecule has 3 rings (SSSR count). The first kappa shape index (κ1) is 10.4. The summed E-state index contributed by atoms with van der Waals surface area (Å²) in [5, 5.41) is 3.32. The monoisotopic (exact) mass is 221 g/mol. The average Bonchev–Trinajstić information content (AvgIpc) is 2.82. The van der Waals surface area contributed by atoms with Crippen molar-refractivity contribution in [3.8, 4) is 0 Å². The first-order valence-corrected chi connectivity index (χ1v) is 6.02. The van der Waals surface area contributed by atoms with Crippen LogP contribution < -0.4 is 5.32 Å². The summed E-state index contributed by atoms with van der Waals surface area (Å²) >= 11 is 0. The van der Waals surface area contributed by atoms with Crippen molar-refractivity contribution in [2.45, 2.75) is 25.2 Å². The Bertz CT molecular complexity index is 388. The molecule has 1 aromatic rings. The Morgan fingerprint density at radius 2 is 2.06 bits per heavy atom. The number of nitrogens with one attached hydrogen (secondary N) is 1. The summed E-state index contributed by atoms with van der Waals surface area (Å²) < 4.78 is 11.3. The van der Waals surface area contributed by atoms with Crippen molar-refractivity contribution < 1.29 is 9.15 Å². The maximum atomic E-state index is 5.86. The van der Waals surface area contributed by atoms with Crippen LogP contribution in [-0.2, 0) is 10.2 Å². The van der Waals surface area contributed by atoms with Crippen LogP contribution in [0.4, 0.5) is 0 Å². The van der Waals surface area contributed by atoms with Gasteiger partial charge in [0, 0.05) is 12.0 Å². The predicted molar refractivity (Wildman–Crippen MR) is 61.5 cm³/mol. The van der Waals surface area contributed by atoms with Gasteiger partial charge in [-0.2, -0.15) is 0 Å². The molecule has 0 bridgehead atoms. The van der Waals surface area contributed by atoms with Crippen molar-refractivity contribution in [3.63, 3.8) is 0 Å². The molecule has 0 spiro atoms. The van der Waals surface area contributed by atoms with Crippen LogP contribution in [0.3, 0.4) is 0 Å². The third-order valence-corrected chi connectivity index (χ3v) is 4.29. The highest BCUT2D eigenvalue weighted by Gasteiger charge is 2.64. The molecule has 0 aromatic carbocycles. The molecule has 1 N–H and O–H groups in total. The van der Waals surface area contributed by atoms with Crippen LogP contribution in [0.5, 0.6) is 0 Å². The van der Waals surface area contributed by atoms with Gasteiger partial charge in [-0.1, -0.05) is 0 Å². The Hall–Kier alpha value is -0.800. The minimum atomic E-state index is 0.143. The highest BCUT2D eigenvalue weighted by Crippen LogP contribution is 2.62. The molecule has 1 aliphatic heterocycles. The van der Waals surface area contributed by atoms with Gasteiger partial charge in [-0.05, 0) is 38.9 Å². The van der Waals surface area contributed by atoms with Crippen LogP contribution in [0.15, 0.2) is 16.5 Å². The van der Waals surface area contributed by atoms with Crippen molar-refractivity contribution in [2.24, 2.45) is 5.41 Å². The van der Waals surface area contributed by atoms with Gasteiger partial charge in [0.1, 0.15) is 11.5 Å². The van der Waals surface area contributed by atoms with Gasteiger partial charge >= 0.3 is 0 Å². The largest absolute Gasteiger partial charge is 0.466 e. The second kappa shape index (κ2) is 3.34. The Morgan fingerprint density at radius 3 is 2.44 bits per heavy atom. The summed E-state index contributed by atoms with van der Waals surface area (Å²) in [5.41, 5.74) is 0.522. The second-order valence-corrected chi connectivity index (χ2v) is 5.30. The molecule has 1 aromatic heterocycles. The van der Waals surface area contributed by atoms with Gasteiger partial charge in [0.05, 0.1) is 18.6 Å². The zero-order chi connectivity index (χ0) is 11.2. The van der Waals surface area contributed by atoms with Crippen LogP contribution in [0.25, 0.3) is 0 Å². The molecule has 1 saturated heterocycles. The molecule has 0 atom stereocenters. The molecule has 3 nitrogen and oxygen atoms in total. The lowest BCUT2D eigenvalue weighted by Crippen LogP contribution is -2.56. The lowest BCUT2D eigenvalue weighted by atomic mass is 9.69. The normalized spacial score (nSPS) is 25.1. The Kier molecular flexibility index (Phi) is 2.17. The molecule has 2 fully saturated rings. The van der Waals surface area contributed by atoms with E-state index in [0.717, 1.165) is 31.3 Å². The van der Waals surface area contributed by atoms with E-state index < -0.39 is 0 Å². The molecule has 2 aliphatic rings. The second-order valence-electron chi connectivity index (χ2n) is 5.30. The van der Waals surface area contributed by atoms with Gasteiger partial charge in [0.15, 0.2) is 0 Å². The molecule has 3 heteroatoms. The first-order chi connectivity index (χ1) is 7.72. The molecule has 0 amide bonds. The molecular formula is C13H19NO2. The standard InChI is InChI=1S/C13H19NO2/c1-10-3-4-11(16-10)13(8-15-9-13)12(5-6-12)7-14-2/h3-4,14H,5-9H2,1-2H3. The Balaban J connectivity index is 1.94. The van der Waals surface area contributed by atoms with Crippen LogP contribution in [-0.4, -0.2) is 26.8 Å². The minimum absolute atomic E-state index is 0.143. The number of hydrogen-bond donors (Lipinski definition) is 1. The number of aryl methyl sites for hydroxylation is 1. The fraction of sp³-hybridized carbons (Fsp3) is 0.692. The molecule has 1 saturated carbocycles. The van der Waals surface area contributed by atoms with Crippen LogP contribution >= 0.6 is 0 Å². The lowest BCUT2D eigenvalue weighted by Gasteiger charge is -2.46. The quantitative estimate of drug-likeness (QED) is 0.842. The molecule has 2 heterocycles. The first-order valence-electron chi connectivity index (χ1n) is 6.02. The van der Waals surface area contributed by atoms with Crippen molar-refractivity contribution >= 4 is 0 Å². The molecule has 88 valence electrons. The predicted octanol–water partition coefficient (Wildman–Crippen LogP) is 1.86. The maximum absolute atomic E-state index is 5.86. The van der Waals surface area contributed by atoms with E-state index in [4.69, 9.17) is 9.15 Å². The fourth-order valence-corrected chi connectivity index (χ4v) is 3.02. The summed E-state index contributed by atoms with van der Waals surface area (Å²) in [6.45, 7) is 4.72. The van der Waals surface area contributed by atoms with Gasteiger partial charge < -0.3 is 14.5 Å². The number of ether oxygens (including phenoxy) is 1. The topological polar surface area (TPSA) is 34.4 Å². The van der Waals surface area contributed by atoms with E-state index in [1.165, 1.54) is 12.8 Å². The van der Waals surface area contributed by atoms with Crippen molar-refractivity contribution in [1.29, 1.82) is 0 Å². The molecule has 0 radical (unpaired) electrons. The van der Waals surface area contributed by atoms with Gasteiger partial charge in [-0.25, -0.2) is 0 Å². The summed E-state index contributed by atoms with van der Waals surface area (Å²) in [7, 11) is 2.03. The third-order valence-electron chi connectivity index (χ3n) is 4.29. The summed E-state index contributed by atoms with van der Waals surface area (Å²) in [6, 6.07) is 4.19. The van der Waals surface area contributed by atoms with Crippen molar-refractivity contribution in [3.05, 3.63) is 23.7 Å². The van der Waals surface area contributed by atoms with E-state index >= 15 is 0 Å². The van der Waals surface area contributed by atoms with Gasteiger partial charge in [-0.15, -0.1) is 0 Å². The number of furan rings is 1. The smallest absolute Gasteiger partial charge is 0.115 e. The van der Waals surface area contributed by atoms with Crippen LogP contribution in [0.2, 0.25) is 0 Å². The zero-order valence-corrected chi connectivity index (χ0v) is 10.0. The lowest BCUT2D eigenvalue weighted by molar-refractivity contribution is -0.109. The van der Waals surface area contributed by atoms with E-state index in [0.29, 0.717) is 5.41 Å². The number of rotatable bonds is 4. The van der Waals surface area contributed by atoms with E-state index in [1.807, 2.05) is 14.0 Å². The minimum Gasteiger partial charge on any atom is -0.466 e. The van der Waals surface area contributed by atoms with E-state index in [2.05, 4.69) is 17.4 Å². The highest BCUT2D eigenvalue weighted by molar-refractivity contribution is 5.29. The van der Waals surface area contributed by atoms with Crippen molar-refractivity contribution in [2.75, 3.05) is 26.8 Å². The van der Waals surface area contributed by atoms with E-state index in [1.54, 1.807) is 0 Å².